The maximum absolute atomic E-state index is 12.1. The minimum Gasteiger partial charge on any atom is -0.381 e. The van der Waals surface area contributed by atoms with Crippen LogP contribution in [-0.4, -0.2) is 56.9 Å². The second-order valence-corrected chi connectivity index (χ2v) is 10.8. The maximum atomic E-state index is 12.1. The smallest absolute Gasteiger partial charge is 0.296 e. The lowest BCUT2D eigenvalue weighted by Gasteiger charge is -2.20. The highest BCUT2D eigenvalue weighted by molar-refractivity contribution is 7.86. The Morgan fingerprint density at radius 2 is 1.40 bits per heavy atom. The van der Waals surface area contributed by atoms with E-state index in [0.717, 1.165) is 32.1 Å². The highest BCUT2D eigenvalue weighted by atomic mass is 32.2. The Labute approximate surface area is 264 Å². The molecular weight excluding hydrogens is 577 g/mol. The molecule has 0 aliphatic heterocycles. The van der Waals surface area contributed by atoms with E-state index in [1.807, 2.05) is 13.8 Å². The Bertz CT molecular complexity index is 970. The van der Waals surface area contributed by atoms with Crippen LogP contribution in [0.25, 0.3) is 0 Å². The number of nitrogens with one attached hydrogen (secondary N) is 1. The fourth-order valence-corrected chi connectivity index (χ4v) is 4.49. The topological polar surface area (TPSA) is 136 Å². The molecule has 1 rings (SSSR count). The van der Waals surface area contributed by atoms with E-state index < -0.39 is 10.1 Å². The molecule has 43 heavy (non-hydrogen) atoms. The fraction of sp³-hybridized carbons (Fsp3) is 0.719. The molecule has 0 spiro atoms. The van der Waals surface area contributed by atoms with Crippen LogP contribution in [0.4, 0.5) is 10.4 Å². The van der Waals surface area contributed by atoms with Crippen molar-refractivity contribution in [1.29, 1.82) is 0 Å². The largest absolute Gasteiger partial charge is 0.381 e. The van der Waals surface area contributed by atoms with Crippen molar-refractivity contribution < 1.29 is 41.5 Å². The van der Waals surface area contributed by atoms with E-state index in [9.17, 15) is 27.4 Å². The molecule has 3 atom stereocenters. The van der Waals surface area contributed by atoms with Crippen LogP contribution < -0.4 is 5.32 Å². The van der Waals surface area contributed by atoms with Crippen molar-refractivity contribution in [2.45, 2.75) is 140 Å². The predicted octanol–water partition coefficient (Wildman–Crippen LogP) is 8.48. The lowest BCUT2D eigenvalue weighted by atomic mass is 9.92. The molecule has 0 saturated heterocycles. The molecule has 11 heteroatoms. The van der Waals surface area contributed by atoms with E-state index in [-0.39, 0.29) is 94.4 Å². The molecule has 0 aliphatic carbocycles. The van der Waals surface area contributed by atoms with Crippen LogP contribution in [0.3, 0.4) is 0 Å². The Morgan fingerprint density at radius 3 is 1.81 bits per heavy atom. The zero-order valence-electron chi connectivity index (χ0n) is 23.7. The molecule has 0 heterocycles. The number of Topliss-reactive ketones (excluding diaryl/α,β-unsaturated/α-hetero) is 2. The van der Waals surface area contributed by atoms with Crippen LogP contribution in [0, 0.1) is 12.8 Å². The molecule has 2 N–H and O–H groups in total. The molecule has 0 aliphatic rings. The summed E-state index contributed by atoms with van der Waals surface area (Å²) in [5.74, 6) is -0.0302. The third kappa shape index (κ3) is 26.0. The summed E-state index contributed by atoms with van der Waals surface area (Å²) < 4.78 is 42.4. The summed E-state index contributed by atoms with van der Waals surface area (Å²) in [6, 6.07) is 4.47. The molecular formula is C32H66FNO8S. The van der Waals surface area contributed by atoms with Gasteiger partial charge in [0, 0.05) is 33.0 Å². The molecule has 9 nitrogen and oxygen atoms in total. The van der Waals surface area contributed by atoms with Gasteiger partial charge >= 0.3 is 0 Å². The molecule has 1 aromatic carbocycles. The van der Waals surface area contributed by atoms with Crippen molar-refractivity contribution in [3.8, 4) is 0 Å². The predicted molar refractivity (Wildman–Crippen MR) is 181 cm³/mol. The fourth-order valence-electron chi connectivity index (χ4n) is 3.76. The van der Waals surface area contributed by atoms with Gasteiger partial charge in [-0.1, -0.05) is 68.9 Å². The minimum absolute atomic E-state index is 0. The van der Waals surface area contributed by atoms with Crippen LogP contribution in [0.2, 0.25) is 0 Å². The molecule has 0 bridgehead atoms. The number of aryl methyl sites for hydroxylation is 1. The number of methoxy groups -OCH3 is 2. The lowest BCUT2D eigenvalue weighted by Crippen LogP contribution is -2.25. The van der Waals surface area contributed by atoms with Gasteiger partial charge in [-0.2, -0.15) is 8.42 Å². The zero-order chi connectivity index (χ0) is 28.6. The first-order chi connectivity index (χ1) is 17.2. The third-order valence-electron chi connectivity index (χ3n) is 6.05. The normalized spacial score (nSPS) is 11.7. The van der Waals surface area contributed by atoms with Gasteiger partial charge in [-0.3, -0.25) is 23.6 Å². The van der Waals surface area contributed by atoms with Crippen molar-refractivity contribution in [1.82, 2.24) is 0 Å². The number of anilines is 1. The van der Waals surface area contributed by atoms with Gasteiger partial charge in [-0.15, -0.1) is 0 Å². The third-order valence-corrected chi connectivity index (χ3v) is 6.94. The van der Waals surface area contributed by atoms with Crippen molar-refractivity contribution in [3.05, 3.63) is 23.8 Å². The van der Waals surface area contributed by atoms with Gasteiger partial charge in [0.1, 0.15) is 16.5 Å². The summed E-state index contributed by atoms with van der Waals surface area (Å²) in [5.41, 5.74) is 0.758. The summed E-state index contributed by atoms with van der Waals surface area (Å²) >= 11 is 0. The zero-order valence-corrected chi connectivity index (χ0v) is 24.6. The van der Waals surface area contributed by atoms with E-state index in [0.29, 0.717) is 18.4 Å². The first-order valence-electron chi connectivity index (χ1n) is 12.7. The number of rotatable bonds is 16. The number of carbonyl (C=O) groups is 3. The summed E-state index contributed by atoms with van der Waals surface area (Å²) in [5, 5.41) is 2.56. The molecule has 0 radical (unpaired) electrons. The SMILES string of the molecule is C.C.C.C.C.COC(C)C(CCCCCCCC(=O)Nc1ccc(C)cc1S(=O)(=O)O)C(C)=O.COC(C)CC(C)=O.F. The van der Waals surface area contributed by atoms with Crippen LogP contribution in [0.1, 0.15) is 122 Å². The number of amides is 1. The first-order valence-corrected chi connectivity index (χ1v) is 14.1. The lowest BCUT2D eigenvalue weighted by molar-refractivity contribution is -0.125. The summed E-state index contributed by atoms with van der Waals surface area (Å²) in [4.78, 5) is 33.8. The van der Waals surface area contributed by atoms with Gasteiger partial charge in [0.15, 0.2) is 0 Å². The summed E-state index contributed by atoms with van der Waals surface area (Å²) in [7, 11) is -1.19. The number of hydrogen-bond acceptors (Lipinski definition) is 7. The molecule has 0 aromatic heterocycles. The highest BCUT2D eigenvalue weighted by Crippen LogP contribution is 2.23. The van der Waals surface area contributed by atoms with Crippen molar-refractivity contribution >= 4 is 33.3 Å². The number of ketones is 2. The summed E-state index contributed by atoms with van der Waals surface area (Å²) in [6.45, 7) is 8.65. The monoisotopic (exact) mass is 643 g/mol. The highest BCUT2D eigenvalue weighted by Gasteiger charge is 2.21. The molecule has 260 valence electrons. The van der Waals surface area contributed by atoms with Gasteiger partial charge in [0.05, 0.1) is 17.9 Å². The number of halogens is 1. The Hall–Kier alpha value is -2.21. The maximum Gasteiger partial charge on any atom is 0.296 e. The van der Waals surface area contributed by atoms with Gasteiger partial charge in [-0.25, -0.2) is 0 Å². The Morgan fingerprint density at radius 1 is 0.884 bits per heavy atom. The quantitative estimate of drug-likeness (QED) is 0.135. The first kappa shape index (κ1) is 56.6. The van der Waals surface area contributed by atoms with Crippen LogP contribution in [-0.2, 0) is 34.0 Å². The number of unbranched alkanes of at least 4 members (excludes halogenated alkanes) is 4. The number of carbonyl (C=O) groups excluding carboxylic acids is 3. The number of benzene rings is 1. The minimum atomic E-state index is -4.41. The van der Waals surface area contributed by atoms with E-state index in [1.54, 1.807) is 41.1 Å². The van der Waals surface area contributed by atoms with Gasteiger partial charge in [0.2, 0.25) is 5.91 Å². The van der Waals surface area contributed by atoms with Gasteiger partial charge in [-0.05, 0) is 65.2 Å². The number of hydrogen-bond donors (Lipinski definition) is 2. The number of ether oxygens (including phenoxy) is 2. The Kier molecular flexibility index (Phi) is 39.3. The van der Waals surface area contributed by atoms with E-state index in [4.69, 9.17) is 9.47 Å². The van der Waals surface area contributed by atoms with E-state index >= 15 is 0 Å². The second-order valence-electron chi connectivity index (χ2n) is 9.44. The van der Waals surface area contributed by atoms with E-state index in [1.165, 1.54) is 12.1 Å². The molecule has 0 saturated carbocycles. The van der Waals surface area contributed by atoms with Crippen molar-refractivity contribution in [3.63, 3.8) is 0 Å². The average Bonchev–Trinajstić information content (AvgIpc) is 2.80. The van der Waals surface area contributed by atoms with Crippen LogP contribution in [0.5, 0.6) is 0 Å². The average molecular weight is 644 g/mol. The van der Waals surface area contributed by atoms with Crippen LogP contribution >= 0.6 is 0 Å². The van der Waals surface area contributed by atoms with Gasteiger partial charge in [0.25, 0.3) is 10.1 Å². The van der Waals surface area contributed by atoms with E-state index in [2.05, 4.69) is 5.32 Å². The molecule has 1 amide bonds. The van der Waals surface area contributed by atoms with Crippen LogP contribution in [0.15, 0.2) is 23.1 Å². The van der Waals surface area contributed by atoms with Crippen molar-refractivity contribution in [2.75, 3.05) is 19.5 Å². The van der Waals surface area contributed by atoms with Crippen molar-refractivity contribution in [2.24, 2.45) is 5.92 Å². The molecule has 0 fully saturated rings. The molecule has 1 aromatic rings. The van der Waals surface area contributed by atoms with Gasteiger partial charge < -0.3 is 14.8 Å². The standard InChI is InChI=1S/C21H33NO6S.C6H12O2.5CH4.FH/c1-15-12-13-19(20(14-15)29(25,26)27)22-21(24)11-9-7-5-6-8-10-18(16(2)23)17(3)28-4;1-5(7)4-6(2)8-3;;;;;;/h12-14,17-18H,5-11H2,1-4H3,(H,22,24)(H,25,26,27);6H,4H2,1-3H3;5*1H4;1H. The summed E-state index contributed by atoms with van der Waals surface area (Å²) in [6.07, 6.45) is 6.03. The second kappa shape index (κ2) is 29.8. The molecule has 3 unspecified atom stereocenters. The Balaban J connectivity index is -0.000000164.